The lowest BCUT2D eigenvalue weighted by molar-refractivity contribution is 0.174. The molecule has 0 saturated carbocycles. The van der Waals surface area contributed by atoms with Crippen LogP contribution >= 0.6 is 11.6 Å². The molecule has 164 valence electrons. The second-order valence-electron chi connectivity index (χ2n) is 8.28. The van der Waals surface area contributed by atoms with E-state index < -0.39 is 0 Å². The van der Waals surface area contributed by atoms with Crippen molar-refractivity contribution in [2.75, 3.05) is 13.3 Å². The Kier molecular flexibility index (Phi) is 5.81. The van der Waals surface area contributed by atoms with Crippen LogP contribution in [0.4, 0.5) is 0 Å². The molecule has 0 fully saturated rings. The number of nitrogens with one attached hydrogen (secondary N) is 1. The molecule has 0 radical (unpaired) electrons. The molecule has 1 unspecified atom stereocenters. The van der Waals surface area contributed by atoms with Crippen molar-refractivity contribution in [2.24, 2.45) is 0 Å². The molecule has 5 heteroatoms. The lowest BCUT2D eigenvalue weighted by Gasteiger charge is -2.27. The van der Waals surface area contributed by atoms with Crippen LogP contribution in [0.2, 0.25) is 5.02 Å². The number of halogens is 1. The van der Waals surface area contributed by atoms with Gasteiger partial charge in [0.15, 0.2) is 11.5 Å². The van der Waals surface area contributed by atoms with Crippen molar-refractivity contribution in [3.8, 4) is 17.2 Å². The summed E-state index contributed by atoms with van der Waals surface area (Å²) in [4.78, 5) is 0. The Balaban J connectivity index is 1.41. The maximum Gasteiger partial charge on any atom is 0.231 e. The van der Waals surface area contributed by atoms with Crippen LogP contribution in [-0.4, -0.2) is 13.3 Å². The molecule has 1 atom stereocenters. The molecule has 4 nitrogen and oxygen atoms in total. The van der Waals surface area contributed by atoms with E-state index in [1.807, 2.05) is 30.3 Å². The molecule has 0 spiro atoms. The fourth-order valence-electron chi connectivity index (χ4n) is 4.33. The third-order valence-corrected chi connectivity index (χ3v) is 6.47. The standard InChI is InChI=1S/C27H26ClNO3/c1-17-13-24-25(32-16-31-24)14-20(17)8-9-23-22-12-18(2)27(26(28)21(22)10-11-29-23)30-15-19-6-4-3-5-7-19/h3-9,12-14,23,29H,10-11,15-16H2,1-2H3/b9-8+. The van der Waals surface area contributed by atoms with Gasteiger partial charge in [-0.1, -0.05) is 60.2 Å². The number of benzene rings is 3. The van der Waals surface area contributed by atoms with Crippen molar-refractivity contribution < 1.29 is 14.2 Å². The Morgan fingerprint density at radius 2 is 1.84 bits per heavy atom. The van der Waals surface area contributed by atoms with Crippen LogP contribution in [0, 0.1) is 13.8 Å². The van der Waals surface area contributed by atoms with Crippen molar-refractivity contribution in [2.45, 2.75) is 32.9 Å². The van der Waals surface area contributed by atoms with Crippen LogP contribution < -0.4 is 19.5 Å². The number of rotatable bonds is 5. The van der Waals surface area contributed by atoms with Crippen molar-refractivity contribution in [1.82, 2.24) is 5.32 Å². The van der Waals surface area contributed by atoms with Crippen LogP contribution in [0.25, 0.3) is 6.08 Å². The van der Waals surface area contributed by atoms with E-state index in [-0.39, 0.29) is 12.8 Å². The molecule has 0 aromatic heterocycles. The van der Waals surface area contributed by atoms with Crippen molar-refractivity contribution in [1.29, 1.82) is 0 Å². The number of aryl methyl sites for hydroxylation is 2. The molecule has 2 aliphatic heterocycles. The minimum absolute atomic E-state index is 0.0861. The van der Waals surface area contributed by atoms with E-state index in [2.05, 4.69) is 49.5 Å². The molecular formula is C27H26ClNO3. The van der Waals surface area contributed by atoms with Gasteiger partial charge in [0.05, 0.1) is 11.1 Å². The molecule has 2 heterocycles. The molecular weight excluding hydrogens is 422 g/mol. The molecule has 0 amide bonds. The Labute approximate surface area is 193 Å². The van der Waals surface area contributed by atoms with Gasteiger partial charge in [-0.15, -0.1) is 0 Å². The van der Waals surface area contributed by atoms with Gasteiger partial charge >= 0.3 is 0 Å². The second-order valence-corrected chi connectivity index (χ2v) is 8.66. The summed E-state index contributed by atoms with van der Waals surface area (Å²) in [6.45, 7) is 5.80. The number of hydrogen-bond acceptors (Lipinski definition) is 4. The molecule has 3 aromatic rings. The molecule has 0 aliphatic carbocycles. The zero-order chi connectivity index (χ0) is 22.1. The average molecular weight is 448 g/mol. The molecule has 0 saturated heterocycles. The van der Waals surface area contributed by atoms with E-state index in [0.29, 0.717) is 6.61 Å². The zero-order valence-electron chi connectivity index (χ0n) is 18.3. The van der Waals surface area contributed by atoms with Crippen LogP contribution in [0.1, 0.15) is 39.4 Å². The number of ether oxygens (including phenoxy) is 3. The van der Waals surface area contributed by atoms with E-state index in [4.69, 9.17) is 25.8 Å². The van der Waals surface area contributed by atoms with E-state index >= 15 is 0 Å². The minimum Gasteiger partial charge on any atom is -0.487 e. The summed E-state index contributed by atoms with van der Waals surface area (Å²) in [6, 6.07) is 16.5. The number of hydrogen-bond donors (Lipinski definition) is 1. The highest BCUT2D eigenvalue weighted by Gasteiger charge is 2.24. The largest absolute Gasteiger partial charge is 0.487 e. The fourth-order valence-corrected chi connectivity index (χ4v) is 4.74. The summed E-state index contributed by atoms with van der Waals surface area (Å²) in [7, 11) is 0. The highest BCUT2D eigenvalue weighted by molar-refractivity contribution is 6.33. The molecule has 3 aromatic carbocycles. The topological polar surface area (TPSA) is 39.7 Å². The normalized spacial score (nSPS) is 16.9. The summed E-state index contributed by atoms with van der Waals surface area (Å²) in [6.07, 6.45) is 5.22. The summed E-state index contributed by atoms with van der Waals surface area (Å²) in [5.74, 6) is 2.39. The predicted octanol–water partition coefficient (Wildman–Crippen LogP) is 6.16. The highest BCUT2D eigenvalue weighted by Crippen LogP contribution is 2.40. The maximum absolute atomic E-state index is 6.86. The van der Waals surface area contributed by atoms with Crippen LogP contribution in [0.15, 0.2) is 54.6 Å². The van der Waals surface area contributed by atoms with Gasteiger partial charge in [0, 0.05) is 6.54 Å². The Hall–Kier alpha value is -2.95. The quantitative estimate of drug-likeness (QED) is 0.508. The third-order valence-electron chi connectivity index (χ3n) is 6.07. The van der Waals surface area contributed by atoms with Crippen LogP contribution in [0.3, 0.4) is 0 Å². The van der Waals surface area contributed by atoms with Gasteiger partial charge in [0.25, 0.3) is 0 Å². The lowest BCUT2D eigenvalue weighted by atomic mass is 9.91. The van der Waals surface area contributed by atoms with E-state index in [1.54, 1.807) is 0 Å². The van der Waals surface area contributed by atoms with Crippen molar-refractivity contribution in [3.63, 3.8) is 0 Å². The Bertz CT molecular complexity index is 1170. The van der Waals surface area contributed by atoms with E-state index in [1.165, 1.54) is 5.56 Å². The first-order chi connectivity index (χ1) is 15.6. The molecule has 32 heavy (non-hydrogen) atoms. The third kappa shape index (κ3) is 4.08. The van der Waals surface area contributed by atoms with Gasteiger partial charge in [-0.2, -0.15) is 0 Å². The van der Waals surface area contributed by atoms with Crippen LogP contribution in [0.5, 0.6) is 17.2 Å². The van der Waals surface area contributed by atoms with Crippen molar-refractivity contribution in [3.05, 3.63) is 93.0 Å². The summed E-state index contributed by atoms with van der Waals surface area (Å²) in [5, 5.41) is 4.34. The summed E-state index contributed by atoms with van der Waals surface area (Å²) < 4.78 is 17.2. The SMILES string of the molecule is Cc1cc2c(cc1/C=C/C1NCCc3c1cc(C)c(OCc1ccccc1)c3Cl)OCO2. The first-order valence-corrected chi connectivity index (χ1v) is 11.3. The second kappa shape index (κ2) is 8.89. The van der Waals surface area contributed by atoms with Crippen molar-refractivity contribution >= 4 is 17.7 Å². The van der Waals surface area contributed by atoms with Gasteiger partial charge in [-0.05, 0) is 65.8 Å². The Morgan fingerprint density at radius 3 is 2.66 bits per heavy atom. The van der Waals surface area contributed by atoms with E-state index in [9.17, 15) is 0 Å². The first kappa shape index (κ1) is 20.9. The zero-order valence-corrected chi connectivity index (χ0v) is 19.0. The first-order valence-electron chi connectivity index (χ1n) is 10.9. The average Bonchev–Trinajstić information content (AvgIpc) is 3.25. The van der Waals surface area contributed by atoms with Gasteiger partial charge in [0.1, 0.15) is 12.4 Å². The maximum atomic E-state index is 6.86. The van der Waals surface area contributed by atoms with Gasteiger partial charge in [-0.3, -0.25) is 0 Å². The monoisotopic (exact) mass is 447 g/mol. The summed E-state index contributed by atoms with van der Waals surface area (Å²) in [5.41, 5.74) is 6.82. The van der Waals surface area contributed by atoms with Gasteiger partial charge in [0.2, 0.25) is 6.79 Å². The van der Waals surface area contributed by atoms with E-state index in [0.717, 1.165) is 63.1 Å². The molecule has 1 N–H and O–H groups in total. The fraction of sp³-hybridized carbons (Fsp3) is 0.259. The number of fused-ring (bicyclic) bond motifs is 2. The Morgan fingerprint density at radius 1 is 1.06 bits per heavy atom. The highest BCUT2D eigenvalue weighted by atomic mass is 35.5. The smallest absolute Gasteiger partial charge is 0.231 e. The van der Waals surface area contributed by atoms with Gasteiger partial charge < -0.3 is 19.5 Å². The predicted molar refractivity (Wildman–Crippen MR) is 128 cm³/mol. The molecule has 5 rings (SSSR count). The lowest BCUT2D eigenvalue weighted by Crippen LogP contribution is -2.29. The summed E-state index contributed by atoms with van der Waals surface area (Å²) >= 11 is 6.86. The van der Waals surface area contributed by atoms with Crippen LogP contribution in [-0.2, 0) is 13.0 Å². The molecule has 2 aliphatic rings. The molecule has 0 bridgehead atoms. The minimum atomic E-state index is 0.0861. The van der Waals surface area contributed by atoms with Gasteiger partial charge in [-0.25, -0.2) is 0 Å².